The zero-order valence-corrected chi connectivity index (χ0v) is 19.4. The molecule has 7 atom stereocenters. The Labute approximate surface area is 164 Å². The Bertz CT molecular complexity index is 477. The van der Waals surface area contributed by atoms with Gasteiger partial charge in [0.1, 0.15) is 0 Å². The SMILES string of the molecule is CCC12CCC(C)CI1CCC1C3CCCC(CNC)C3(C)CCC12. The molecule has 0 bridgehead atoms. The fourth-order valence-corrected chi connectivity index (χ4v) is 18.1. The molecule has 4 aliphatic rings. The fourth-order valence-electron chi connectivity index (χ4n) is 7.93. The minimum absolute atomic E-state index is 0.649. The molecule has 146 valence electrons. The molecule has 2 aliphatic carbocycles. The Balaban J connectivity index is 1.62. The van der Waals surface area contributed by atoms with Crippen LogP contribution in [0.3, 0.4) is 0 Å². The van der Waals surface area contributed by atoms with Gasteiger partial charge in [-0.15, -0.1) is 0 Å². The molecular formula is C23H42IN. The van der Waals surface area contributed by atoms with Crippen LogP contribution in [0.1, 0.15) is 78.6 Å². The Morgan fingerprint density at radius 2 is 1.88 bits per heavy atom. The van der Waals surface area contributed by atoms with Crippen molar-refractivity contribution in [1.29, 1.82) is 0 Å². The van der Waals surface area contributed by atoms with Crippen LogP contribution in [0.4, 0.5) is 0 Å². The van der Waals surface area contributed by atoms with E-state index >= 15 is 0 Å². The van der Waals surface area contributed by atoms with Gasteiger partial charge >= 0.3 is 165 Å². The number of hydrogen-bond donors (Lipinski definition) is 1. The van der Waals surface area contributed by atoms with Crippen LogP contribution in [-0.2, 0) is 0 Å². The standard InChI is InChI=1S/C23H42IN/c1-5-23-13-9-17(2)15-24(23)14-11-19-20-8-6-7-18(16-25-4)22(20,3)12-10-21(19)23/h17-21,25H,5-16H2,1-4H3. The van der Waals surface area contributed by atoms with Gasteiger partial charge in [-0.25, -0.2) is 0 Å². The molecule has 0 aromatic carbocycles. The third kappa shape index (κ3) is 2.95. The Hall–Kier alpha value is 0.690. The molecule has 0 radical (unpaired) electrons. The molecule has 0 spiro atoms. The molecular weight excluding hydrogens is 417 g/mol. The second-order valence-electron chi connectivity index (χ2n) is 10.2. The van der Waals surface area contributed by atoms with Crippen molar-refractivity contribution in [1.82, 2.24) is 5.32 Å². The first-order chi connectivity index (χ1) is 12.0. The van der Waals surface area contributed by atoms with E-state index in [1.165, 1.54) is 25.8 Å². The van der Waals surface area contributed by atoms with E-state index in [-0.39, 0.29) is 0 Å². The van der Waals surface area contributed by atoms with Gasteiger partial charge in [-0.05, 0) is 0 Å². The molecule has 0 aromatic heterocycles. The number of hydrogen-bond acceptors (Lipinski definition) is 1. The van der Waals surface area contributed by atoms with Gasteiger partial charge in [-0.2, -0.15) is 0 Å². The van der Waals surface area contributed by atoms with Gasteiger partial charge in [0.25, 0.3) is 0 Å². The second-order valence-corrected chi connectivity index (χ2v) is 16.9. The second kappa shape index (κ2) is 7.26. The van der Waals surface area contributed by atoms with Crippen LogP contribution >= 0.6 is 19.8 Å². The van der Waals surface area contributed by atoms with Crippen molar-refractivity contribution in [2.24, 2.45) is 35.0 Å². The number of rotatable bonds is 3. The average molecular weight is 460 g/mol. The van der Waals surface area contributed by atoms with Crippen molar-refractivity contribution >= 4 is 19.8 Å². The normalized spacial score (nSPS) is 51.4. The van der Waals surface area contributed by atoms with E-state index in [1.807, 2.05) is 0 Å². The first-order valence-electron chi connectivity index (χ1n) is 11.3. The molecule has 4 fully saturated rings. The van der Waals surface area contributed by atoms with Crippen LogP contribution in [0.2, 0.25) is 0 Å². The molecule has 2 saturated heterocycles. The predicted octanol–water partition coefficient (Wildman–Crippen LogP) is 6.14. The molecule has 0 aromatic rings. The number of halogens is 1. The van der Waals surface area contributed by atoms with Crippen LogP contribution in [0.15, 0.2) is 0 Å². The van der Waals surface area contributed by atoms with E-state index in [4.69, 9.17) is 0 Å². The van der Waals surface area contributed by atoms with Crippen LogP contribution in [0.5, 0.6) is 0 Å². The summed E-state index contributed by atoms with van der Waals surface area (Å²) in [5, 5.41) is 3.54. The molecule has 1 N–H and O–H groups in total. The third-order valence-corrected chi connectivity index (χ3v) is 18.9. The maximum atomic E-state index is 3.54. The van der Waals surface area contributed by atoms with E-state index in [0.29, 0.717) is 5.41 Å². The van der Waals surface area contributed by atoms with E-state index in [1.54, 1.807) is 47.4 Å². The first-order valence-corrected chi connectivity index (χ1v) is 15.4. The quantitative estimate of drug-likeness (QED) is 0.395. The number of nitrogens with one attached hydrogen (secondary N) is 1. The first kappa shape index (κ1) is 19.0. The van der Waals surface area contributed by atoms with Crippen LogP contribution in [-0.4, -0.2) is 25.9 Å². The third-order valence-electron chi connectivity index (χ3n) is 9.28. The minimum atomic E-state index is -0.739. The molecule has 0 amide bonds. The summed E-state index contributed by atoms with van der Waals surface area (Å²) in [6, 6.07) is 0. The van der Waals surface area contributed by atoms with Gasteiger partial charge in [0.2, 0.25) is 0 Å². The van der Waals surface area contributed by atoms with Crippen molar-refractivity contribution in [3.8, 4) is 0 Å². The van der Waals surface area contributed by atoms with E-state index < -0.39 is 19.8 Å². The van der Waals surface area contributed by atoms with Crippen molar-refractivity contribution in [2.45, 2.75) is 82.0 Å². The van der Waals surface area contributed by atoms with E-state index in [2.05, 4.69) is 33.1 Å². The summed E-state index contributed by atoms with van der Waals surface area (Å²) in [4.78, 5) is 0. The van der Waals surface area contributed by atoms with Crippen molar-refractivity contribution in [2.75, 3.05) is 22.4 Å². The summed E-state index contributed by atoms with van der Waals surface area (Å²) in [7, 11) is 2.17. The molecule has 4 rings (SSSR count). The number of alkyl halides is 3. The van der Waals surface area contributed by atoms with E-state index in [9.17, 15) is 0 Å². The van der Waals surface area contributed by atoms with Crippen LogP contribution in [0, 0.1) is 35.0 Å². The van der Waals surface area contributed by atoms with Gasteiger partial charge in [-0.3, -0.25) is 0 Å². The summed E-state index contributed by atoms with van der Waals surface area (Å²) in [5.41, 5.74) is 0.649. The maximum absolute atomic E-state index is 3.54. The summed E-state index contributed by atoms with van der Waals surface area (Å²) in [5.74, 6) is 5.29. The van der Waals surface area contributed by atoms with Crippen LogP contribution < -0.4 is 5.32 Å². The monoisotopic (exact) mass is 459 g/mol. The van der Waals surface area contributed by atoms with Crippen molar-refractivity contribution in [3.63, 3.8) is 0 Å². The summed E-state index contributed by atoms with van der Waals surface area (Å²) in [6.45, 7) is 9.12. The molecule has 25 heavy (non-hydrogen) atoms. The molecule has 2 aliphatic heterocycles. The van der Waals surface area contributed by atoms with Gasteiger partial charge in [0, 0.05) is 0 Å². The van der Waals surface area contributed by atoms with Crippen molar-refractivity contribution in [3.05, 3.63) is 0 Å². The van der Waals surface area contributed by atoms with Gasteiger partial charge < -0.3 is 0 Å². The van der Waals surface area contributed by atoms with Crippen molar-refractivity contribution < 1.29 is 0 Å². The predicted molar refractivity (Wildman–Crippen MR) is 119 cm³/mol. The molecule has 2 saturated carbocycles. The molecule has 7 unspecified atom stereocenters. The van der Waals surface area contributed by atoms with E-state index in [0.717, 1.165) is 33.0 Å². The number of fused-ring (bicyclic) bond motifs is 5. The Morgan fingerprint density at radius 3 is 2.64 bits per heavy atom. The Morgan fingerprint density at radius 1 is 1.04 bits per heavy atom. The molecule has 2 heteroatoms. The summed E-state index contributed by atoms with van der Waals surface area (Å²) >= 11 is -0.739. The van der Waals surface area contributed by atoms with Gasteiger partial charge in [0.15, 0.2) is 0 Å². The zero-order valence-electron chi connectivity index (χ0n) is 17.2. The topological polar surface area (TPSA) is 12.0 Å². The molecule has 1 nitrogen and oxygen atoms in total. The van der Waals surface area contributed by atoms with Gasteiger partial charge in [0.05, 0.1) is 0 Å². The molecule has 2 heterocycles. The Kier molecular flexibility index (Phi) is 5.52. The van der Waals surface area contributed by atoms with Gasteiger partial charge in [-0.1, -0.05) is 0 Å². The summed E-state index contributed by atoms with van der Waals surface area (Å²) < 4.78 is 4.30. The zero-order chi connectivity index (χ0) is 17.7. The summed E-state index contributed by atoms with van der Waals surface area (Å²) in [6.07, 6.45) is 14.0. The van der Waals surface area contributed by atoms with Crippen LogP contribution in [0.25, 0.3) is 0 Å². The average Bonchev–Trinajstić information content (AvgIpc) is 2.62. The fraction of sp³-hybridized carbons (Fsp3) is 1.00.